The third-order valence-electron chi connectivity index (χ3n) is 10.5. The monoisotopic (exact) mass is 715 g/mol. The Hall–Kier alpha value is -6.32. The first-order valence-corrected chi connectivity index (χ1v) is 19.2. The summed E-state index contributed by atoms with van der Waals surface area (Å²) in [4.78, 5) is 9.58. The number of nitrogens with zero attached hydrogens (tertiary/aromatic N) is 3. The van der Waals surface area contributed by atoms with Crippen molar-refractivity contribution in [2.24, 2.45) is 23.0 Å². The van der Waals surface area contributed by atoms with Crippen molar-refractivity contribution in [1.82, 2.24) is 4.57 Å². The highest BCUT2D eigenvalue weighted by atomic mass is 14.9. The van der Waals surface area contributed by atoms with Gasteiger partial charge in [-0.3, -0.25) is 0 Å². The highest BCUT2D eigenvalue weighted by molar-refractivity contribution is 6.08. The third-order valence-corrected chi connectivity index (χ3v) is 10.5. The molecule has 0 amide bonds. The van der Waals surface area contributed by atoms with Crippen LogP contribution < -0.4 is 0 Å². The Kier molecular flexibility index (Phi) is 11.6. The first-order valence-electron chi connectivity index (χ1n) is 19.2. The largest absolute Gasteiger partial charge is 0.351 e. The predicted octanol–water partition coefficient (Wildman–Crippen LogP) is 12.7. The zero-order valence-corrected chi connectivity index (χ0v) is 32.4. The highest BCUT2D eigenvalue weighted by Crippen LogP contribution is 2.45. The smallest absolute Gasteiger partial charge is 0.159 e. The molecule has 3 aliphatic rings. The average molecular weight is 716 g/mol. The van der Waals surface area contributed by atoms with Gasteiger partial charge in [0.15, 0.2) is 5.84 Å². The number of rotatable bonds is 3. The Balaban J connectivity index is 0.000000149. The van der Waals surface area contributed by atoms with E-state index in [-0.39, 0.29) is 5.92 Å². The molecular formula is C52H49N3. The number of hydrogen-bond acceptors (Lipinski definition) is 1. The molecule has 0 saturated heterocycles. The summed E-state index contributed by atoms with van der Waals surface area (Å²) in [5.41, 5.74) is 15.4. The van der Waals surface area contributed by atoms with Crippen LogP contribution in [0.5, 0.6) is 0 Å². The fraction of sp³-hybridized carbons (Fsp3) is 0.154. The lowest BCUT2D eigenvalue weighted by Crippen LogP contribution is -2.21. The summed E-state index contributed by atoms with van der Waals surface area (Å²) >= 11 is 0. The molecule has 2 atom stereocenters. The van der Waals surface area contributed by atoms with E-state index in [2.05, 4.69) is 146 Å². The van der Waals surface area contributed by atoms with E-state index in [9.17, 15) is 0 Å². The van der Waals surface area contributed by atoms with Crippen LogP contribution in [0.2, 0.25) is 0 Å². The zero-order valence-electron chi connectivity index (χ0n) is 32.4. The van der Waals surface area contributed by atoms with Crippen molar-refractivity contribution in [3.8, 4) is 11.1 Å². The van der Waals surface area contributed by atoms with Gasteiger partial charge in [-0.1, -0.05) is 170 Å². The van der Waals surface area contributed by atoms with Crippen molar-refractivity contribution < 1.29 is 0 Å². The molecule has 1 aromatic heterocycles. The lowest BCUT2D eigenvalue weighted by atomic mass is 9.79. The van der Waals surface area contributed by atoms with Crippen LogP contribution in [0.3, 0.4) is 0 Å². The summed E-state index contributed by atoms with van der Waals surface area (Å²) < 4.78 is 2.21. The van der Waals surface area contributed by atoms with E-state index in [0.29, 0.717) is 5.92 Å². The summed E-state index contributed by atoms with van der Waals surface area (Å²) in [7, 11) is 2.12. The van der Waals surface area contributed by atoms with Crippen LogP contribution in [0.1, 0.15) is 53.1 Å². The molecule has 5 aromatic carbocycles. The maximum atomic E-state index is 4.97. The van der Waals surface area contributed by atoms with Gasteiger partial charge < -0.3 is 4.57 Å². The van der Waals surface area contributed by atoms with E-state index in [4.69, 9.17) is 4.99 Å². The quantitative estimate of drug-likeness (QED) is 0.129. The Labute approximate surface area is 326 Å². The molecule has 3 nitrogen and oxygen atoms in total. The lowest BCUT2D eigenvalue weighted by Gasteiger charge is -2.26. The second-order valence-corrected chi connectivity index (χ2v) is 14.5. The molecule has 9 rings (SSSR count). The van der Waals surface area contributed by atoms with Gasteiger partial charge in [0.1, 0.15) is 0 Å². The van der Waals surface area contributed by atoms with Crippen LogP contribution in [0.4, 0.5) is 0 Å². The Morgan fingerprint density at radius 2 is 1.27 bits per heavy atom. The minimum absolute atomic E-state index is 0.257. The number of fused-ring (bicyclic) bond motifs is 7. The fourth-order valence-corrected chi connectivity index (χ4v) is 7.91. The van der Waals surface area contributed by atoms with E-state index >= 15 is 0 Å². The van der Waals surface area contributed by atoms with Crippen LogP contribution in [-0.2, 0) is 19.9 Å². The molecule has 0 bridgehead atoms. The first-order chi connectivity index (χ1) is 26.9. The fourth-order valence-electron chi connectivity index (χ4n) is 7.91. The predicted molar refractivity (Wildman–Crippen MR) is 234 cm³/mol. The van der Waals surface area contributed by atoms with Crippen LogP contribution >= 0.6 is 0 Å². The van der Waals surface area contributed by atoms with E-state index in [1.807, 2.05) is 73.7 Å². The van der Waals surface area contributed by atoms with Crippen molar-refractivity contribution in [3.05, 3.63) is 227 Å². The molecule has 0 radical (unpaired) electrons. The molecular weight excluding hydrogens is 667 g/mol. The number of benzene rings is 5. The topological polar surface area (TPSA) is 29.6 Å². The molecule has 6 aromatic rings. The number of aliphatic imine (C=N–C) groups is 2. The van der Waals surface area contributed by atoms with E-state index in [1.165, 1.54) is 55.4 Å². The number of hydrogen-bond donors (Lipinski definition) is 0. The van der Waals surface area contributed by atoms with Gasteiger partial charge in [0.05, 0.1) is 0 Å². The second-order valence-electron chi connectivity index (χ2n) is 14.5. The summed E-state index contributed by atoms with van der Waals surface area (Å²) in [6.07, 6.45) is 11.0. The molecule has 272 valence electrons. The maximum Gasteiger partial charge on any atom is 0.159 e. The van der Waals surface area contributed by atoms with Gasteiger partial charge in [0, 0.05) is 53.0 Å². The normalized spacial score (nSPS) is 16.2. The molecule has 0 spiro atoms. The maximum absolute atomic E-state index is 4.97. The van der Waals surface area contributed by atoms with Crippen LogP contribution in [-0.4, -0.2) is 16.1 Å². The van der Waals surface area contributed by atoms with E-state index in [0.717, 1.165) is 35.6 Å². The average Bonchev–Trinajstić information content (AvgIpc) is 3.79. The van der Waals surface area contributed by atoms with E-state index in [1.54, 1.807) is 0 Å². The molecule has 3 aliphatic carbocycles. The van der Waals surface area contributed by atoms with Crippen LogP contribution in [0.15, 0.2) is 204 Å². The Morgan fingerprint density at radius 3 is 2.02 bits per heavy atom. The van der Waals surface area contributed by atoms with Crippen molar-refractivity contribution in [3.63, 3.8) is 0 Å². The van der Waals surface area contributed by atoms with Crippen molar-refractivity contribution >= 4 is 22.5 Å². The number of allylic oxidation sites excluding steroid dienone is 5. The minimum Gasteiger partial charge on any atom is -0.351 e. The standard InChI is InChI=1S/C25H24N2.C21H19N.C6H6/c1-17(2)26-25(19-10-5-4-6-11-19)27-18(3)22-15-9-13-21-16-20-12-7-8-14-23(20)24(21)22;1-15-13-17-14-16-7-3-4-9-19(16)20(17)11-12-22(2)21-10-6-5-8-18(15)21;1-2-4-6-5-3-1/h4-15,22,24H,1,16H2,2-3H3;3-13H,14H2,1-2H3;1-6H. The van der Waals surface area contributed by atoms with Gasteiger partial charge in [-0.25, -0.2) is 9.98 Å². The van der Waals surface area contributed by atoms with Crippen LogP contribution in [0.25, 0.3) is 22.0 Å². The van der Waals surface area contributed by atoms with Crippen molar-refractivity contribution in [2.75, 3.05) is 0 Å². The molecule has 1 heterocycles. The second kappa shape index (κ2) is 17.2. The highest BCUT2D eigenvalue weighted by Gasteiger charge is 2.35. The van der Waals surface area contributed by atoms with Gasteiger partial charge in [0.25, 0.3) is 0 Å². The summed E-state index contributed by atoms with van der Waals surface area (Å²) in [5, 5.41) is 1.30. The van der Waals surface area contributed by atoms with Gasteiger partial charge >= 0.3 is 0 Å². The van der Waals surface area contributed by atoms with Gasteiger partial charge in [-0.05, 0) is 84.7 Å². The van der Waals surface area contributed by atoms with Crippen molar-refractivity contribution in [1.29, 1.82) is 0 Å². The zero-order chi connectivity index (χ0) is 38.1. The van der Waals surface area contributed by atoms with E-state index < -0.39 is 0 Å². The SMILES string of the molecule is C=C(C)N=C(N=C(C)C1C=CC=C2Cc3ccccc3C21)c1ccccc1.Cc1cc2c(ccn(C)c3ccccc13)-c1ccccc1C2.c1ccccc1. The summed E-state index contributed by atoms with van der Waals surface area (Å²) in [6.45, 7) is 10.2. The number of para-hydroxylation sites is 1. The van der Waals surface area contributed by atoms with Gasteiger partial charge in [-0.15, -0.1) is 0 Å². The minimum atomic E-state index is 0.257. The number of amidine groups is 1. The first kappa shape index (κ1) is 37.0. The lowest BCUT2D eigenvalue weighted by molar-refractivity contribution is 0.710. The molecule has 0 N–H and O–H groups in total. The van der Waals surface area contributed by atoms with Gasteiger partial charge in [-0.2, -0.15) is 0 Å². The summed E-state index contributed by atoms with van der Waals surface area (Å²) in [6, 6.07) is 52.9. The number of aryl methyl sites for hydroxylation is 2. The third kappa shape index (κ3) is 8.58. The molecule has 0 aliphatic heterocycles. The molecule has 0 saturated carbocycles. The molecule has 3 heteroatoms. The van der Waals surface area contributed by atoms with Gasteiger partial charge in [0.2, 0.25) is 0 Å². The number of aromatic nitrogens is 1. The Morgan fingerprint density at radius 1 is 0.655 bits per heavy atom. The van der Waals surface area contributed by atoms with Crippen LogP contribution in [0, 0.1) is 12.8 Å². The summed E-state index contributed by atoms with van der Waals surface area (Å²) in [5.74, 6) is 1.38. The molecule has 0 fully saturated rings. The van der Waals surface area contributed by atoms with Crippen molar-refractivity contribution in [2.45, 2.75) is 39.5 Å². The Bertz CT molecular complexity index is 2470. The molecule has 55 heavy (non-hydrogen) atoms. The molecule has 2 unspecified atom stereocenters.